The van der Waals surface area contributed by atoms with Crippen LogP contribution in [0.5, 0.6) is 0 Å². The molecule has 0 atom stereocenters. The molecule has 0 saturated heterocycles. The van der Waals surface area contributed by atoms with Crippen molar-refractivity contribution in [2.45, 2.75) is 18.0 Å². The SMILES string of the molecule is O=C(NCc1cc2ccccc2[nH]1)c1cccc(S(=O)(=O)NCc2ccccc2)c1. The number of benzene rings is 3. The van der Waals surface area contributed by atoms with Crippen LogP contribution in [-0.4, -0.2) is 19.3 Å². The lowest BCUT2D eigenvalue weighted by molar-refractivity contribution is 0.0950. The second-order valence-corrected chi connectivity index (χ2v) is 8.67. The van der Waals surface area contributed by atoms with Crippen molar-refractivity contribution in [3.8, 4) is 0 Å². The zero-order valence-electron chi connectivity index (χ0n) is 16.1. The van der Waals surface area contributed by atoms with Crippen LogP contribution in [0, 0.1) is 0 Å². The molecule has 3 N–H and O–H groups in total. The Morgan fingerprint density at radius 3 is 2.40 bits per heavy atom. The fourth-order valence-electron chi connectivity index (χ4n) is 3.17. The van der Waals surface area contributed by atoms with Gasteiger partial charge in [-0.2, -0.15) is 0 Å². The first-order valence-corrected chi connectivity index (χ1v) is 11.0. The highest BCUT2D eigenvalue weighted by Crippen LogP contribution is 2.15. The number of rotatable bonds is 7. The van der Waals surface area contributed by atoms with Gasteiger partial charge in [-0.3, -0.25) is 4.79 Å². The van der Waals surface area contributed by atoms with E-state index in [-0.39, 0.29) is 22.9 Å². The molecule has 0 unspecified atom stereocenters. The molecule has 0 spiro atoms. The van der Waals surface area contributed by atoms with Crippen LogP contribution in [-0.2, 0) is 23.1 Å². The molecule has 1 aromatic heterocycles. The molecule has 0 bridgehead atoms. The number of H-pyrrole nitrogens is 1. The van der Waals surface area contributed by atoms with Crippen molar-refractivity contribution in [1.82, 2.24) is 15.0 Å². The zero-order chi connectivity index (χ0) is 21.0. The van der Waals surface area contributed by atoms with Gasteiger partial charge in [0.15, 0.2) is 0 Å². The average Bonchev–Trinajstić information content (AvgIpc) is 3.20. The van der Waals surface area contributed by atoms with E-state index in [1.165, 1.54) is 12.1 Å². The smallest absolute Gasteiger partial charge is 0.251 e. The second kappa shape index (κ2) is 8.52. The predicted molar refractivity (Wildman–Crippen MR) is 116 cm³/mol. The summed E-state index contributed by atoms with van der Waals surface area (Å²) >= 11 is 0. The summed E-state index contributed by atoms with van der Waals surface area (Å²) in [5.41, 5.74) is 3.01. The molecule has 0 aliphatic rings. The fraction of sp³-hybridized carbons (Fsp3) is 0.0870. The molecule has 3 aromatic carbocycles. The van der Waals surface area contributed by atoms with Crippen LogP contribution in [0.2, 0.25) is 0 Å². The van der Waals surface area contributed by atoms with Crippen LogP contribution in [0.25, 0.3) is 10.9 Å². The van der Waals surface area contributed by atoms with E-state index in [0.717, 1.165) is 22.2 Å². The summed E-state index contributed by atoms with van der Waals surface area (Å²) in [4.78, 5) is 15.9. The fourth-order valence-corrected chi connectivity index (χ4v) is 4.23. The lowest BCUT2D eigenvalue weighted by Gasteiger charge is -2.09. The molecule has 1 heterocycles. The van der Waals surface area contributed by atoms with Gasteiger partial charge in [0.2, 0.25) is 10.0 Å². The van der Waals surface area contributed by atoms with Crippen molar-refractivity contribution in [3.05, 3.63) is 102 Å². The van der Waals surface area contributed by atoms with Gasteiger partial charge in [-0.05, 0) is 41.3 Å². The van der Waals surface area contributed by atoms with Gasteiger partial charge in [-0.15, -0.1) is 0 Å². The molecular formula is C23H21N3O3S. The van der Waals surface area contributed by atoms with E-state index in [1.54, 1.807) is 12.1 Å². The number of amides is 1. The monoisotopic (exact) mass is 419 g/mol. The first kappa shape index (κ1) is 19.9. The number of aromatic amines is 1. The Morgan fingerprint density at radius 2 is 1.60 bits per heavy atom. The van der Waals surface area contributed by atoms with Crippen molar-refractivity contribution in [2.24, 2.45) is 0 Å². The normalized spacial score (nSPS) is 11.5. The summed E-state index contributed by atoms with van der Waals surface area (Å²) in [6.45, 7) is 0.497. The standard InChI is InChI=1S/C23H21N3O3S/c27-23(24-16-20-13-18-9-4-5-12-22(18)26-20)19-10-6-11-21(14-19)30(28,29)25-15-17-7-2-1-3-8-17/h1-14,25-26H,15-16H2,(H,24,27). The van der Waals surface area contributed by atoms with Crippen LogP contribution >= 0.6 is 0 Å². The second-order valence-electron chi connectivity index (χ2n) is 6.90. The molecule has 0 aliphatic heterocycles. The van der Waals surface area contributed by atoms with Crippen LogP contribution in [0.4, 0.5) is 0 Å². The van der Waals surface area contributed by atoms with Gasteiger partial charge in [0.1, 0.15) is 0 Å². The summed E-state index contributed by atoms with van der Waals surface area (Å²) in [5, 5.41) is 3.90. The predicted octanol–water partition coefficient (Wildman–Crippen LogP) is 3.58. The molecule has 152 valence electrons. The lowest BCUT2D eigenvalue weighted by atomic mass is 10.2. The van der Waals surface area contributed by atoms with Crippen molar-refractivity contribution < 1.29 is 13.2 Å². The van der Waals surface area contributed by atoms with E-state index >= 15 is 0 Å². The van der Waals surface area contributed by atoms with E-state index < -0.39 is 10.0 Å². The van der Waals surface area contributed by atoms with Crippen LogP contribution in [0.1, 0.15) is 21.6 Å². The number of para-hydroxylation sites is 1. The minimum absolute atomic E-state index is 0.0525. The van der Waals surface area contributed by atoms with Gasteiger partial charge in [0.25, 0.3) is 5.91 Å². The maximum atomic E-state index is 12.6. The van der Waals surface area contributed by atoms with Crippen molar-refractivity contribution in [3.63, 3.8) is 0 Å². The van der Waals surface area contributed by atoms with E-state index in [9.17, 15) is 13.2 Å². The Bertz CT molecular complexity index is 1250. The van der Waals surface area contributed by atoms with E-state index in [2.05, 4.69) is 15.0 Å². The van der Waals surface area contributed by atoms with Crippen molar-refractivity contribution in [2.75, 3.05) is 0 Å². The molecular weight excluding hydrogens is 398 g/mol. The molecule has 1 amide bonds. The van der Waals surface area contributed by atoms with Gasteiger partial charge >= 0.3 is 0 Å². The first-order chi connectivity index (χ1) is 14.5. The Labute approximate surface area is 175 Å². The number of nitrogens with one attached hydrogen (secondary N) is 3. The first-order valence-electron chi connectivity index (χ1n) is 9.50. The van der Waals surface area contributed by atoms with E-state index in [0.29, 0.717) is 6.54 Å². The largest absolute Gasteiger partial charge is 0.357 e. The third-order valence-corrected chi connectivity index (χ3v) is 6.14. The van der Waals surface area contributed by atoms with Gasteiger partial charge in [0.05, 0.1) is 11.4 Å². The van der Waals surface area contributed by atoms with Gasteiger partial charge in [-0.1, -0.05) is 54.6 Å². The van der Waals surface area contributed by atoms with Crippen LogP contribution in [0.15, 0.2) is 89.8 Å². The van der Waals surface area contributed by atoms with Crippen molar-refractivity contribution >= 4 is 26.8 Å². The molecule has 0 fully saturated rings. The number of carbonyl (C=O) groups excluding carboxylic acids is 1. The van der Waals surface area contributed by atoms with Gasteiger partial charge < -0.3 is 10.3 Å². The molecule has 4 aromatic rings. The van der Waals surface area contributed by atoms with Gasteiger partial charge in [0, 0.05) is 23.3 Å². The van der Waals surface area contributed by atoms with Gasteiger partial charge in [-0.25, -0.2) is 13.1 Å². The Balaban J connectivity index is 1.43. The molecule has 0 radical (unpaired) electrons. The molecule has 0 aliphatic carbocycles. The summed E-state index contributed by atoms with van der Waals surface area (Å²) in [7, 11) is -3.74. The molecule has 30 heavy (non-hydrogen) atoms. The molecule has 6 nitrogen and oxygen atoms in total. The highest BCUT2D eigenvalue weighted by molar-refractivity contribution is 7.89. The number of aromatic nitrogens is 1. The maximum absolute atomic E-state index is 12.6. The summed E-state index contributed by atoms with van der Waals surface area (Å²) in [6, 6.07) is 25.1. The summed E-state index contributed by atoms with van der Waals surface area (Å²) in [5.74, 6) is -0.339. The number of fused-ring (bicyclic) bond motifs is 1. The summed E-state index contributed by atoms with van der Waals surface area (Å²) < 4.78 is 27.8. The third kappa shape index (κ3) is 4.59. The molecule has 4 rings (SSSR count). The van der Waals surface area contributed by atoms with Crippen LogP contribution in [0.3, 0.4) is 0 Å². The highest BCUT2D eigenvalue weighted by Gasteiger charge is 2.16. The molecule has 7 heteroatoms. The Kier molecular flexibility index (Phi) is 5.65. The number of sulfonamides is 1. The minimum atomic E-state index is -3.74. The highest BCUT2D eigenvalue weighted by atomic mass is 32.2. The minimum Gasteiger partial charge on any atom is -0.357 e. The lowest BCUT2D eigenvalue weighted by Crippen LogP contribution is -2.25. The quantitative estimate of drug-likeness (QED) is 0.428. The maximum Gasteiger partial charge on any atom is 0.251 e. The van der Waals surface area contributed by atoms with E-state index in [1.807, 2.05) is 60.7 Å². The Morgan fingerprint density at radius 1 is 0.833 bits per heavy atom. The summed E-state index contributed by atoms with van der Waals surface area (Å²) in [6.07, 6.45) is 0. The number of hydrogen-bond donors (Lipinski definition) is 3. The number of carbonyl (C=O) groups is 1. The van der Waals surface area contributed by atoms with E-state index in [4.69, 9.17) is 0 Å². The van der Waals surface area contributed by atoms with Crippen molar-refractivity contribution in [1.29, 1.82) is 0 Å². The topological polar surface area (TPSA) is 91.1 Å². The molecule has 0 saturated carbocycles. The number of hydrogen-bond acceptors (Lipinski definition) is 3. The third-order valence-electron chi connectivity index (χ3n) is 4.74. The average molecular weight is 420 g/mol. The zero-order valence-corrected chi connectivity index (χ0v) is 16.9. The Hall–Kier alpha value is -3.42. The van der Waals surface area contributed by atoms with Crippen LogP contribution < -0.4 is 10.0 Å².